The molecular formula is C17H24N4O4. The molecule has 136 valence electrons. The Morgan fingerprint density at radius 1 is 1.28 bits per heavy atom. The number of nitro benzene ring substituents is 1. The van der Waals surface area contributed by atoms with Crippen LogP contribution in [0.25, 0.3) is 0 Å². The van der Waals surface area contributed by atoms with E-state index in [1.165, 1.54) is 18.2 Å². The van der Waals surface area contributed by atoms with E-state index < -0.39 is 4.92 Å². The van der Waals surface area contributed by atoms with Crippen LogP contribution in [0.4, 0.5) is 11.4 Å². The van der Waals surface area contributed by atoms with Gasteiger partial charge in [-0.25, -0.2) is 0 Å². The van der Waals surface area contributed by atoms with Crippen molar-refractivity contribution in [2.24, 2.45) is 0 Å². The zero-order valence-corrected chi connectivity index (χ0v) is 14.6. The molecule has 25 heavy (non-hydrogen) atoms. The average molecular weight is 348 g/mol. The molecule has 0 atom stereocenters. The molecule has 1 fully saturated rings. The van der Waals surface area contributed by atoms with Crippen molar-refractivity contribution in [3.05, 3.63) is 33.9 Å². The summed E-state index contributed by atoms with van der Waals surface area (Å²) in [4.78, 5) is 36.6. The van der Waals surface area contributed by atoms with Crippen LogP contribution in [0.2, 0.25) is 0 Å². The van der Waals surface area contributed by atoms with Gasteiger partial charge in [0.25, 0.3) is 11.6 Å². The summed E-state index contributed by atoms with van der Waals surface area (Å²) in [5.41, 5.74) is 0.365. The lowest BCUT2D eigenvalue weighted by atomic mass is 10.1. The fourth-order valence-corrected chi connectivity index (χ4v) is 2.75. The first kappa shape index (κ1) is 18.7. The van der Waals surface area contributed by atoms with Gasteiger partial charge in [0.2, 0.25) is 5.91 Å². The summed E-state index contributed by atoms with van der Waals surface area (Å²) in [6, 6.07) is 4.24. The van der Waals surface area contributed by atoms with Crippen LogP contribution in [0.15, 0.2) is 18.2 Å². The summed E-state index contributed by atoms with van der Waals surface area (Å²) in [7, 11) is 0. The van der Waals surface area contributed by atoms with Crippen molar-refractivity contribution in [1.29, 1.82) is 0 Å². The summed E-state index contributed by atoms with van der Waals surface area (Å²) >= 11 is 0. The summed E-state index contributed by atoms with van der Waals surface area (Å²) < 4.78 is 0. The molecule has 0 saturated carbocycles. The highest BCUT2D eigenvalue weighted by Gasteiger charge is 2.20. The Labute approximate surface area is 146 Å². The number of anilines is 1. The van der Waals surface area contributed by atoms with Crippen LogP contribution >= 0.6 is 0 Å². The highest BCUT2D eigenvalue weighted by Crippen LogP contribution is 2.25. The lowest BCUT2D eigenvalue weighted by molar-refractivity contribution is -0.384. The van der Waals surface area contributed by atoms with E-state index in [1.807, 2.05) is 18.7 Å². The van der Waals surface area contributed by atoms with Gasteiger partial charge < -0.3 is 15.5 Å². The van der Waals surface area contributed by atoms with E-state index in [9.17, 15) is 19.7 Å². The second-order valence-electron chi connectivity index (χ2n) is 6.38. The van der Waals surface area contributed by atoms with Crippen LogP contribution in [-0.4, -0.2) is 47.3 Å². The van der Waals surface area contributed by atoms with Gasteiger partial charge in [-0.1, -0.05) is 0 Å². The Hall–Kier alpha value is -2.64. The maximum Gasteiger partial charge on any atom is 0.293 e. The quantitative estimate of drug-likeness (QED) is 0.580. The lowest BCUT2D eigenvalue weighted by Gasteiger charge is -2.15. The largest absolute Gasteiger partial charge is 0.379 e. The summed E-state index contributed by atoms with van der Waals surface area (Å²) in [5, 5.41) is 16.9. The van der Waals surface area contributed by atoms with E-state index in [4.69, 9.17) is 0 Å². The molecule has 0 unspecified atom stereocenters. The van der Waals surface area contributed by atoms with Crippen LogP contribution in [0.5, 0.6) is 0 Å². The molecule has 8 nitrogen and oxygen atoms in total. The van der Waals surface area contributed by atoms with E-state index >= 15 is 0 Å². The molecule has 1 saturated heterocycles. The number of amides is 2. The number of carbonyl (C=O) groups is 2. The number of hydrogen-bond acceptors (Lipinski definition) is 5. The van der Waals surface area contributed by atoms with Gasteiger partial charge in [0, 0.05) is 43.7 Å². The molecule has 8 heteroatoms. The average Bonchev–Trinajstić information content (AvgIpc) is 3.08. The first-order valence-electron chi connectivity index (χ1n) is 8.49. The molecule has 0 aromatic heterocycles. The number of nitrogens with one attached hydrogen (secondary N) is 2. The maximum absolute atomic E-state index is 12.0. The van der Waals surface area contributed by atoms with Crippen LogP contribution in [0, 0.1) is 10.1 Å². The highest BCUT2D eigenvalue weighted by atomic mass is 16.6. The third kappa shape index (κ3) is 5.17. The van der Waals surface area contributed by atoms with Gasteiger partial charge in [0.05, 0.1) is 4.92 Å². The Morgan fingerprint density at radius 3 is 2.56 bits per heavy atom. The number of hydrogen-bond donors (Lipinski definition) is 2. The summed E-state index contributed by atoms with van der Waals surface area (Å²) in [6.07, 6.45) is 2.35. The molecule has 0 aliphatic carbocycles. The smallest absolute Gasteiger partial charge is 0.293 e. The van der Waals surface area contributed by atoms with E-state index in [-0.39, 0.29) is 35.5 Å². The predicted molar refractivity (Wildman–Crippen MR) is 94.6 cm³/mol. The first-order chi connectivity index (χ1) is 11.9. The molecule has 1 aliphatic heterocycles. The molecule has 2 N–H and O–H groups in total. The van der Waals surface area contributed by atoms with Crippen molar-refractivity contribution in [2.75, 3.05) is 25.0 Å². The van der Waals surface area contributed by atoms with Crippen LogP contribution < -0.4 is 10.6 Å². The van der Waals surface area contributed by atoms with Gasteiger partial charge in [0.1, 0.15) is 5.69 Å². The molecule has 1 aromatic carbocycles. The minimum absolute atomic E-state index is 0.0547. The number of nitrogens with zero attached hydrogens (tertiary/aromatic N) is 2. The third-order valence-corrected chi connectivity index (χ3v) is 3.99. The highest BCUT2D eigenvalue weighted by molar-refractivity contribution is 5.95. The van der Waals surface area contributed by atoms with Crippen LogP contribution in [-0.2, 0) is 4.79 Å². The van der Waals surface area contributed by atoms with Gasteiger partial charge in [-0.3, -0.25) is 19.7 Å². The maximum atomic E-state index is 12.0. The normalized spacial score (nSPS) is 13.8. The number of rotatable bonds is 7. The fourth-order valence-electron chi connectivity index (χ4n) is 2.75. The van der Waals surface area contributed by atoms with E-state index in [2.05, 4.69) is 10.6 Å². The summed E-state index contributed by atoms with van der Waals surface area (Å²) in [5.74, 6) is -0.297. The second-order valence-corrected chi connectivity index (χ2v) is 6.38. The molecule has 0 bridgehead atoms. The fraction of sp³-hybridized carbons (Fsp3) is 0.529. The topological polar surface area (TPSA) is 105 Å². The van der Waals surface area contributed by atoms with Crippen molar-refractivity contribution in [2.45, 2.75) is 39.2 Å². The number of benzene rings is 1. The van der Waals surface area contributed by atoms with Gasteiger partial charge in [-0.15, -0.1) is 0 Å². The minimum atomic E-state index is -0.531. The molecule has 2 rings (SSSR count). The molecule has 2 amide bonds. The molecule has 1 heterocycles. The number of carbonyl (C=O) groups excluding carboxylic acids is 2. The molecular weight excluding hydrogens is 324 g/mol. The van der Waals surface area contributed by atoms with Gasteiger partial charge in [0.15, 0.2) is 0 Å². The predicted octanol–water partition coefficient (Wildman–Crippen LogP) is 2.16. The number of likely N-dealkylation sites (tertiary alicyclic amines) is 1. The monoisotopic (exact) mass is 348 g/mol. The Bertz CT molecular complexity index is 654. The van der Waals surface area contributed by atoms with Crippen molar-refractivity contribution < 1.29 is 14.5 Å². The first-order valence-corrected chi connectivity index (χ1v) is 8.49. The molecule has 0 radical (unpaired) electrons. The van der Waals surface area contributed by atoms with Crippen molar-refractivity contribution in [3.63, 3.8) is 0 Å². The van der Waals surface area contributed by atoms with Crippen LogP contribution in [0.1, 0.15) is 43.5 Å². The van der Waals surface area contributed by atoms with E-state index in [0.29, 0.717) is 12.2 Å². The Morgan fingerprint density at radius 2 is 1.96 bits per heavy atom. The third-order valence-electron chi connectivity index (χ3n) is 3.99. The SMILES string of the molecule is CC(C)NC(=O)c1ccc(NCCC(=O)N2CCCC2)c([N+](=O)[O-])c1. The van der Waals surface area contributed by atoms with Gasteiger partial charge in [-0.2, -0.15) is 0 Å². The molecule has 1 aliphatic rings. The van der Waals surface area contributed by atoms with Gasteiger partial charge >= 0.3 is 0 Å². The van der Waals surface area contributed by atoms with Gasteiger partial charge in [-0.05, 0) is 38.8 Å². The second kappa shape index (κ2) is 8.46. The Balaban J connectivity index is 2.00. The minimum Gasteiger partial charge on any atom is -0.379 e. The zero-order chi connectivity index (χ0) is 18.4. The summed E-state index contributed by atoms with van der Waals surface area (Å²) in [6.45, 7) is 5.53. The zero-order valence-electron chi connectivity index (χ0n) is 14.6. The van der Waals surface area contributed by atoms with Crippen LogP contribution in [0.3, 0.4) is 0 Å². The molecule has 1 aromatic rings. The standard InChI is InChI=1S/C17H24N4O4/c1-12(2)19-17(23)13-5-6-14(15(11-13)21(24)25)18-8-7-16(22)20-9-3-4-10-20/h5-6,11-12,18H,3-4,7-10H2,1-2H3,(H,19,23). The lowest BCUT2D eigenvalue weighted by Crippen LogP contribution is -2.30. The van der Waals surface area contributed by atoms with Crippen molar-refractivity contribution in [1.82, 2.24) is 10.2 Å². The molecule has 0 spiro atoms. The number of nitro groups is 1. The van der Waals surface area contributed by atoms with Crippen molar-refractivity contribution >= 4 is 23.2 Å². The van der Waals surface area contributed by atoms with E-state index in [0.717, 1.165) is 25.9 Å². The van der Waals surface area contributed by atoms with Crippen molar-refractivity contribution in [3.8, 4) is 0 Å². The van der Waals surface area contributed by atoms with E-state index in [1.54, 1.807) is 0 Å². The Kier molecular flexibility index (Phi) is 6.32.